The summed E-state index contributed by atoms with van der Waals surface area (Å²) in [4.78, 5) is 0. The zero-order valence-corrected chi connectivity index (χ0v) is 23.9. The van der Waals surface area contributed by atoms with Crippen LogP contribution in [0, 0.1) is 0 Å². The Morgan fingerprint density at radius 1 is 0.821 bits per heavy atom. The molecule has 2 heterocycles. The lowest BCUT2D eigenvalue weighted by molar-refractivity contribution is -0.694. The minimum Gasteiger partial charge on any atom is -1.00 e. The van der Waals surface area contributed by atoms with Gasteiger partial charge in [0.15, 0.2) is 29.5 Å². The summed E-state index contributed by atoms with van der Waals surface area (Å²) in [6, 6.07) is 21.0. The standard InChI is InChI=1S/C31H37N2O5.ClH/c1-34-27-13-12-24(18-28(27)35-2)31-26-19-30(37-4)29(36-3)17-23(26)14-16-33(31)32-15-8-11-25(32)21-38-20-22-9-6-5-7-10-22;/h5-7,9-10,12-13,17-19,25H,8,11,14-16,20-21H2,1-4H3;1H/q+1;/p-1/t25-;/m0./s1. The summed E-state index contributed by atoms with van der Waals surface area (Å²) in [7, 11) is 6.70. The Hall–Kier alpha value is -3.42. The van der Waals surface area contributed by atoms with Gasteiger partial charge in [-0.3, -0.25) is 0 Å². The number of halogens is 1. The lowest BCUT2D eigenvalue weighted by Gasteiger charge is -2.28. The molecular weight excluding hydrogens is 516 g/mol. The highest BCUT2D eigenvalue weighted by molar-refractivity contribution is 6.11. The average Bonchev–Trinajstić information content (AvgIpc) is 3.44. The highest BCUT2D eigenvalue weighted by Crippen LogP contribution is 2.36. The number of fused-ring (bicyclic) bond motifs is 1. The molecule has 39 heavy (non-hydrogen) atoms. The van der Waals surface area contributed by atoms with Gasteiger partial charge in [0.2, 0.25) is 5.71 Å². The monoisotopic (exact) mass is 552 g/mol. The van der Waals surface area contributed by atoms with Crippen molar-refractivity contribution in [3.8, 4) is 23.0 Å². The third-order valence-corrected chi connectivity index (χ3v) is 7.45. The van der Waals surface area contributed by atoms with E-state index in [1.807, 2.05) is 12.1 Å². The van der Waals surface area contributed by atoms with Crippen molar-refractivity contribution in [1.82, 2.24) is 5.01 Å². The second-order valence-corrected chi connectivity index (χ2v) is 9.62. The molecule has 208 valence electrons. The maximum absolute atomic E-state index is 6.22. The first-order chi connectivity index (χ1) is 18.7. The molecule has 5 rings (SSSR count). The van der Waals surface area contributed by atoms with Crippen LogP contribution in [0.25, 0.3) is 0 Å². The van der Waals surface area contributed by atoms with Gasteiger partial charge in [-0.1, -0.05) is 30.3 Å². The number of hydrogen-bond donors (Lipinski definition) is 0. The molecule has 0 amide bonds. The van der Waals surface area contributed by atoms with Crippen molar-refractivity contribution in [3.05, 3.63) is 82.9 Å². The summed E-state index contributed by atoms with van der Waals surface area (Å²) in [6.45, 7) is 3.15. The summed E-state index contributed by atoms with van der Waals surface area (Å²) in [5.41, 5.74) is 5.76. The second kappa shape index (κ2) is 13.1. The summed E-state index contributed by atoms with van der Waals surface area (Å²) in [5, 5.41) is 2.50. The van der Waals surface area contributed by atoms with E-state index in [2.05, 4.69) is 58.2 Å². The van der Waals surface area contributed by atoms with E-state index < -0.39 is 0 Å². The lowest BCUT2D eigenvalue weighted by atomic mass is 9.92. The molecule has 1 atom stereocenters. The number of ether oxygens (including phenoxy) is 5. The molecule has 7 nitrogen and oxygen atoms in total. The Labute approximate surface area is 237 Å². The third-order valence-electron chi connectivity index (χ3n) is 7.45. The molecule has 0 spiro atoms. The predicted molar refractivity (Wildman–Crippen MR) is 147 cm³/mol. The van der Waals surface area contributed by atoms with E-state index in [1.165, 1.54) is 11.1 Å². The third kappa shape index (κ3) is 5.94. The van der Waals surface area contributed by atoms with E-state index in [0.29, 0.717) is 30.8 Å². The van der Waals surface area contributed by atoms with Crippen LogP contribution in [0.2, 0.25) is 0 Å². The zero-order valence-electron chi connectivity index (χ0n) is 23.1. The quantitative estimate of drug-likeness (QED) is 0.357. The number of methoxy groups -OCH3 is 4. The van der Waals surface area contributed by atoms with E-state index >= 15 is 0 Å². The van der Waals surface area contributed by atoms with Crippen LogP contribution in [-0.2, 0) is 17.8 Å². The second-order valence-electron chi connectivity index (χ2n) is 9.62. The molecule has 0 saturated carbocycles. The topological polar surface area (TPSA) is 52.4 Å². The first-order valence-electron chi connectivity index (χ1n) is 13.2. The minimum atomic E-state index is 0. The Kier molecular flexibility index (Phi) is 9.59. The van der Waals surface area contributed by atoms with Crippen molar-refractivity contribution in [1.29, 1.82) is 0 Å². The fraction of sp³-hybridized carbons (Fsp3) is 0.387. The molecule has 1 saturated heterocycles. The van der Waals surface area contributed by atoms with Crippen molar-refractivity contribution < 1.29 is 40.8 Å². The predicted octanol–water partition coefficient (Wildman–Crippen LogP) is 1.73. The van der Waals surface area contributed by atoms with Gasteiger partial charge in [0.25, 0.3) is 0 Å². The molecule has 0 aromatic heterocycles. The van der Waals surface area contributed by atoms with Crippen molar-refractivity contribution in [2.45, 2.75) is 31.9 Å². The van der Waals surface area contributed by atoms with Gasteiger partial charge in [-0.15, -0.1) is 4.68 Å². The van der Waals surface area contributed by atoms with Gasteiger partial charge >= 0.3 is 0 Å². The van der Waals surface area contributed by atoms with Crippen molar-refractivity contribution in [3.63, 3.8) is 0 Å². The molecule has 0 bridgehead atoms. The maximum atomic E-state index is 6.22. The largest absolute Gasteiger partial charge is 1.00 e. The molecule has 8 heteroatoms. The maximum Gasteiger partial charge on any atom is 0.244 e. The SMILES string of the molecule is COc1ccc(C2=[N+](N3CCC[C@H]3COCc3ccccc3)CCc3cc(OC)c(OC)cc32)cc1OC.[Cl-]. The molecule has 0 aliphatic carbocycles. The van der Waals surface area contributed by atoms with Gasteiger partial charge in [0.1, 0.15) is 6.04 Å². The van der Waals surface area contributed by atoms with E-state index in [-0.39, 0.29) is 12.4 Å². The summed E-state index contributed by atoms with van der Waals surface area (Å²) in [6.07, 6.45) is 3.14. The molecule has 2 aliphatic heterocycles. The number of hydrazine groups is 1. The zero-order chi connectivity index (χ0) is 26.5. The van der Waals surface area contributed by atoms with E-state index in [1.54, 1.807) is 28.4 Å². The summed E-state index contributed by atoms with van der Waals surface area (Å²) >= 11 is 0. The fourth-order valence-corrected chi connectivity index (χ4v) is 5.57. The summed E-state index contributed by atoms with van der Waals surface area (Å²) in [5.74, 6) is 2.88. The number of benzene rings is 3. The molecule has 1 fully saturated rings. The minimum absolute atomic E-state index is 0. The Morgan fingerprint density at radius 3 is 2.23 bits per heavy atom. The molecule has 0 unspecified atom stereocenters. The van der Waals surface area contributed by atoms with Crippen LogP contribution in [0.1, 0.15) is 35.1 Å². The average molecular weight is 553 g/mol. The molecule has 3 aromatic carbocycles. The van der Waals surface area contributed by atoms with Gasteiger partial charge in [-0.05, 0) is 54.3 Å². The molecule has 0 N–H and O–H groups in total. The fourth-order valence-electron chi connectivity index (χ4n) is 5.57. The molecule has 2 aliphatic rings. The van der Waals surface area contributed by atoms with Crippen LogP contribution in [0.3, 0.4) is 0 Å². The molecular formula is C31H37ClN2O5. The van der Waals surface area contributed by atoms with Crippen molar-refractivity contribution in [2.75, 3.05) is 48.1 Å². The van der Waals surface area contributed by atoms with Gasteiger partial charge < -0.3 is 36.1 Å². The van der Waals surface area contributed by atoms with Crippen LogP contribution >= 0.6 is 0 Å². The number of hydrogen-bond acceptors (Lipinski definition) is 6. The van der Waals surface area contributed by atoms with E-state index in [4.69, 9.17) is 23.7 Å². The Balaban J connectivity index is 0.00000353. The first kappa shape index (κ1) is 28.6. The van der Waals surface area contributed by atoms with Gasteiger partial charge in [0.05, 0.1) is 59.3 Å². The van der Waals surface area contributed by atoms with Crippen LogP contribution in [0.5, 0.6) is 23.0 Å². The van der Waals surface area contributed by atoms with Gasteiger partial charge in [-0.2, -0.15) is 5.01 Å². The van der Waals surface area contributed by atoms with Crippen molar-refractivity contribution >= 4 is 5.71 Å². The molecule has 3 aromatic rings. The number of rotatable bonds is 10. The highest BCUT2D eigenvalue weighted by Gasteiger charge is 2.38. The lowest BCUT2D eigenvalue weighted by Crippen LogP contribution is -3.00. The molecule has 0 radical (unpaired) electrons. The number of hydrazone groups is 1. The summed E-state index contributed by atoms with van der Waals surface area (Å²) < 4.78 is 31.2. The highest BCUT2D eigenvalue weighted by atomic mass is 35.5. The van der Waals surface area contributed by atoms with E-state index in [9.17, 15) is 0 Å². The van der Waals surface area contributed by atoms with Crippen LogP contribution in [-0.4, -0.2) is 69.6 Å². The van der Waals surface area contributed by atoms with Crippen LogP contribution in [0.4, 0.5) is 0 Å². The van der Waals surface area contributed by atoms with Gasteiger partial charge in [-0.25, -0.2) is 0 Å². The first-order valence-corrected chi connectivity index (χ1v) is 13.2. The van der Waals surface area contributed by atoms with Crippen LogP contribution < -0.4 is 31.4 Å². The van der Waals surface area contributed by atoms with Gasteiger partial charge in [0, 0.05) is 6.42 Å². The number of nitrogens with zero attached hydrogens (tertiary/aromatic N) is 2. The normalized spacial score (nSPS) is 16.4. The Bertz CT molecular complexity index is 1300. The Morgan fingerprint density at radius 2 is 1.51 bits per heavy atom. The van der Waals surface area contributed by atoms with E-state index in [0.717, 1.165) is 60.7 Å². The smallest absolute Gasteiger partial charge is 0.244 e. The van der Waals surface area contributed by atoms with Crippen LogP contribution in [0.15, 0.2) is 60.7 Å². The van der Waals surface area contributed by atoms with Crippen molar-refractivity contribution in [2.24, 2.45) is 0 Å².